The first-order valence-electron chi connectivity index (χ1n) is 9.89. The third kappa shape index (κ3) is 11.8. The summed E-state index contributed by atoms with van der Waals surface area (Å²) in [6.07, 6.45) is 12.9. The number of nitrogens with zero attached hydrogens (tertiary/aromatic N) is 2. The molecule has 0 spiro atoms. The van der Waals surface area contributed by atoms with Gasteiger partial charge in [-0.3, -0.25) is 4.99 Å². The molecule has 0 aliphatic rings. The summed E-state index contributed by atoms with van der Waals surface area (Å²) in [6.45, 7) is 2.92. The van der Waals surface area contributed by atoms with Crippen molar-refractivity contribution in [1.29, 1.82) is 0 Å². The average Bonchev–Trinajstić information content (AvgIpc) is 2.62. The fourth-order valence-corrected chi connectivity index (χ4v) is 3.00. The van der Waals surface area contributed by atoms with Gasteiger partial charge in [0.1, 0.15) is 0 Å². The lowest BCUT2D eigenvalue weighted by molar-refractivity contribution is 0.558. The summed E-state index contributed by atoms with van der Waals surface area (Å²) in [6, 6.07) is 5.11. The summed E-state index contributed by atoms with van der Waals surface area (Å²) in [4.78, 5) is 8.29. The largest absolute Gasteiger partial charge is 0.369 e. The van der Waals surface area contributed by atoms with E-state index < -0.39 is 0 Å². The van der Waals surface area contributed by atoms with Gasteiger partial charge in [-0.2, -0.15) is 4.99 Å². The number of unbranched alkanes of at least 4 members (excludes halogenated alkanes) is 9. The van der Waals surface area contributed by atoms with Crippen LogP contribution in [0, 0.1) is 0 Å². The van der Waals surface area contributed by atoms with E-state index in [2.05, 4.69) is 22.2 Å². The van der Waals surface area contributed by atoms with Gasteiger partial charge in [0.15, 0.2) is 0 Å². The quantitative estimate of drug-likeness (QED) is 0.224. The van der Waals surface area contributed by atoms with Crippen LogP contribution in [0.25, 0.3) is 0 Å². The molecule has 1 aromatic carbocycles. The lowest BCUT2D eigenvalue weighted by Crippen LogP contribution is -2.26. The molecule has 0 aliphatic heterocycles. The molecule has 1 rings (SSSR count). The maximum absolute atomic E-state index is 5.96. The van der Waals surface area contributed by atoms with Gasteiger partial charge in [0.25, 0.3) is 0 Å². The van der Waals surface area contributed by atoms with Crippen molar-refractivity contribution in [3.8, 4) is 0 Å². The Morgan fingerprint density at radius 2 is 1.48 bits per heavy atom. The molecule has 0 radical (unpaired) electrons. The highest BCUT2D eigenvalue weighted by atomic mass is 35.5. The fourth-order valence-electron chi connectivity index (χ4n) is 2.70. The summed E-state index contributed by atoms with van der Waals surface area (Å²) in [5.74, 6) is 0.341. The van der Waals surface area contributed by atoms with Gasteiger partial charge in [0.2, 0.25) is 11.9 Å². The molecule has 27 heavy (non-hydrogen) atoms. The van der Waals surface area contributed by atoms with Crippen LogP contribution >= 0.6 is 23.2 Å². The normalized spacial score (nSPS) is 12.4. The first kappa shape index (κ1) is 23.6. The minimum absolute atomic E-state index is 0.165. The molecule has 1 aromatic rings. The van der Waals surface area contributed by atoms with Crippen molar-refractivity contribution in [2.75, 3.05) is 11.9 Å². The van der Waals surface area contributed by atoms with Gasteiger partial charge in [-0.15, -0.1) is 0 Å². The highest BCUT2D eigenvalue weighted by Crippen LogP contribution is 2.24. The number of benzene rings is 1. The minimum Gasteiger partial charge on any atom is -0.369 e. The van der Waals surface area contributed by atoms with E-state index in [1.807, 2.05) is 0 Å². The van der Waals surface area contributed by atoms with E-state index in [1.165, 1.54) is 57.8 Å². The number of hydrogen-bond donors (Lipinski definition) is 3. The second kappa shape index (κ2) is 14.6. The molecule has 7 heteroatoms. The summed E-state index contributed by atoms with van der Waals surface area (Å²) >= 11 is 11.8. The maximum Gasteiger partial charge on any atom is 0.218 e. The van der Waals surface area contributed by atoms with Crippen LogP contribution < -0.4 is 16.8 Å². The Morgan fingerprint density at radius 3 is 2.07 bits per heavy atom. The summed E-state index contributed by atoms with van der Waals surface area (Å²) in [5.41, 5.74) is 12.3. The van der Waals surface area contributed by atoms with E-state index in [0.717, 1.165) is 6.42 Å². The lowest BCUT2D eigenvalue weighted by atomic mass is 10.1. The Kier molecular flexibility index (Phi) is 12.7. The molecule has 0 heterocycles. The third-order valence-corrected chi connectivity index (χ3v) is 4.95. The summed E-state index contributed by atoms with van der Waals surface area (Å²) in [7, 11) is 0. The standard InChI is InChI=1S/C20H33Cl2N5/c1-2-3-4-5-6-7-8-9-10-11-14-25-19(23)27-20(24)26-16-12-13-17(21)18(22)15-16/h12-13,15H,2-11,14H2,1H3,(H5,23,24,25,26,27). The molecule has 152 valence electrons. The van der Waals surface area contributed by atoms with Crippen LogP contribution in [0.15, 0.2) is 28.2 Å². The molecule has 0 saturated carbocycles. The third-order valence-electron chi connectivity index (χ3n) is 4.21. The minimum atomic E-state index is 0.165. The Hall–Kier alpha value is -1.46. The highest BCUT2D eigenvalue weighted by Gasteiger charge is 2.01. The number of guanidine groups is 2. The number of rotatable bonds is 12. The van der Waals surface area contributed by atoms with E-state index in [0.29, 0.717) is 22.3 Å². The highest BCUT2D eigenvalue weighted by molar-refractivity contribution is 6.42. The molecule has 0 atom stereocenters. The zero-order valence-electron chi connectivity index (χ0n) is 16.3. The second-order valence-electron chi connectivity index (χ2n) is 6.67. The van der Waals surface area contributed by atoms with Crippen molar-refractivity contribution in [2.45, 2.75) is 71.1 Å². The molecule has 0 saturated heterocycles. The SMILES string of the molecule is CCCCCCCCCCCCN=C(N)/N=C(\N)Nc1ccc(Cl)c(Cl)c1. The van der Waals surface area contributed by atoms with Crippen molar-refractivity contribution in [2.24, 2.45) is 21.5 Å². The first-order valence-corrected chi connectivity index (χ1v) is 10.6. The Labute approximate surface area is 173 Å². The van der Waals surface area contributed by atoms with E-state index >= 15 is 0 Å². The Balaban J connectivity index is 2.16. The lowest BCUT2D eigenvalue weighted by Gasteiger charge is -2.06. The van der Waals surface area contributed by atoms with E-state index in [-0.39, 0.29) is 11.9 Å². The van der Waals surface area contributed by atoms with Crippen LogP contribution in [-0.4, -0.2) is 18.5 Å². The van der Waals surface area contributed by atoms with Crippen molar-refractivity contribution in [3.05, 3.63) is 28.2 Å². The second-order valence-corrected chi connectivity index (χ2v) is 7.49. The molecule has 0 bridgehead atoms. The molecular weight excluding hydrogens is 381 g/mol. The maximum atomic E-state index is 5.96. The number of anilines is 1. The molecule has 5 N–H and O–H groups in total. The van der Waals surface area contributed by atoms with E-state index in [4.69, 9.17) is 34.7 Å². The van der Waals surface area contributed by atoms with Gasteiger partial charge >= 0.3 is 0 Å². The molecule has 0 amide bonds. The van der Waals surface area contributed by atoms with E-state index in [1.54, 1.807) is 18.2 Å². The zero-order valence-corrected chi connectivity index (χ0v) is 17.8. The van der Waals surface area contributed by atoms with Crippen LogP contribution in [0.5, 0.6) is 0 Å². The predicted molar refractivity (Wildman–Crippen MR) is 120 cm³/mol. The molecule has 0 unspecified atom stereocenters. The van der Waals surface area contributed by atoms with E-state index in [9.17, 15) is 0 Å². The average molecular weight is 414 g/mol. The number of aliphatic imine (C=N–C) groups is 2. The van der Waals surface area contributed by atoms with Gasteiger partial charge in [0.05, 0.1) is 10.0 Å². The van der Waals surface area contributed by atoms with Crippen molar-refractivity contribution < 1.29 is 0 Å². The Bertz CT molecular complexity index is 602. The van der Waals surface area contributed by atoms with Crippen molar-refractivity contribution in [3.63, 3.8) is 0 Å². The van der Waals surface area contributed by atoms with Crippen molar-refractivity contribution in [1.82, 2.24) is 0 Å². The molecular formula is C20H33Cl2N5. The smallest absolute Gasteiger partial charge is 0.218 e. The molecule has 5 nitrogen and oxygen atoms in total. The fraction of sp³-hybridized carbons (Fsp3) is 0.600. The summed E-state index contributed by atoms with van der Waals surface area (Å²) < 4.78 is 0. The van der Waals surface area contributed by atoms with Gasteiger partial charge in [0, 0.05) is 12.2 Å². The van der Waals surface area contributed by atoms with Gasteiger partial charge < -0.3 is 16.8 Å². The molecule has 0 fully saturated rings. The molecule has 0 aromatic heterocycles. The number of nitrogens with one attached hydrogen (secondary N) is 1. The van der Waals surface area contributed by atoms with Gasteiger partial charge in [-0.1, -0.05) is 87.9 Å². The van der Waals surface area contributed by atoms with Crippen LogP contribution in [0.4, 0.5) is 5.69 Å². The van der Waals surface area contributed by atoms with Crippen LogP contribution in [0.1, 0.15) is 71.1 Å². The number of hydrogen-bond acceptors (Lipinski definition) is 1. The number of nitrogens with two attached hydrogens (primary N) is 2. The van der Waals surface area contributed by atoms with Crippen LogP contribution in [-0.2, 0) is 0 Å². The van der Waals surface area contributed by atoms with Crippen LogP contribution in [0.2, 0.25) is 10.0 Å². The van der Waals surface area contributed by atoms with Crippen LogP contribution in [0.3, 0.4) is 0 Å². The summed E-state index contributed by atoms with van der Waals surface area (Å²) in [5, 5.41) is 3.83. The Morgan fingerprint density at radius 1 is 0.889 bits per heavy atom. The zero-order chi connectivity index (χ0) is 19.9. The van der Waals surface area contributed by atoms with Crippen molar-refractivity contribution >= 4 is 40.8 Å². The predicted octanol–water partition coefficient (Wildman–Crippen LogP) is 5.96. The molecule has 0 aliphatic carbocycles. The first-order chi connectivity index (χ1) is 13.0. The number of halogens is 2. The van der Waals surface area contributed by atoms with Gasteiger partial charge in [-0.25, -0.2) is 0 Å². The van der Waals surface area contributed by atoms with Gasteiger partial charge in [-0.05, 0) is 24.6 Å². The topological polar surface area (TPSA) is 88.8 Å². The monoisotopic (exact) mass is 413 g/mol.